The highest BCUT2D eigenvalue weighted by molar-refractivity contribution is 6.39. The Kier molecular flexibility index (Phi) is 8.07. The summed E-state index contributed by atoms with van der Waals surface area (Å²) < 4.78 is 0. The molecule has 1 saturated heterocycles. The predicted molar refractivity (Wildman–Crippen MR) is 157 cm³/mol. The molecule has 38 heavy (non-hydrogen) atoms. The first-order valence-electron chi connectivity index (χ1n) is 12.9. The van der Waals surface area contributed by atoms with E-state index in [0.717, 1.165) is 77.8 Å². The van der Waals surface area contributed by atoms with E-state index in [4.69, 9.17) is 38.2 Å². The van der Waals surface area contributed by atoms with Crippen LogP contribution in [0.3, 0.4) is 0 Å². The number of rotatable bonds is 9. The zero-order valence-electron chi connectivity index (χ0n) is 21.9. The lowest BCUT2D eigenvalue weighted by molar-refractivity contribution is 0.170. The molecule has 0 spiro atoms. The zero-order valence-corrected chi connectivity index (χ0v) is 23.4. The standard InChI is InChI=1S/C29H31Cl2N7/c1-4-8-22-28(32-2)36-23(15-34-22)20-11-5-9-18(26(20)30)19-10-6-12-21(27(19)31)24-16-35-25(29(33-3)37-24)17-38-13-7-14-38/h5-6,9-12,15-16H,4,7-8,13-14,17H2,1-3H3,(H,32,36)(H,33,37). The Hall–Kier alpha value is -3.26. The molecule has 0 amide bonds. The van der Waals surface area contributed by atoms with Crippen LogP contribution < -0.4 is 10.6 Å². The molecule has 1 fully saturated rings. The number of nitrogens with one attached hydrogen (secondary N) is 2. The van der Waals surface area contributed by atoms with E-state index in [9.17, 15) is 0 Å². The van der Waals surface area contributed by atoms with Crippen LogP contribution in [0.5, 0.6) is 0 Å². The Morgan fingerprint density at radius 3 is 1.74 bits per heavy atom. The summed E-state index contributed by atoms with van der Waals surface area (Å²) in [6.45, 7) is 5.12. The van der Waals surface area contributed by atoms with Gasteiger partial charge >= 0.3 is 0 Å². The van der Waals surface area contributed by atoms with Crippen molar-refractivity contribution in [2.45, 2.75) is 32.7 Å². The average molecular weight is 549 g/mol. The lowest BCUT2D eigenvalue weighted by Crippen LogP contribution is -2.36. The SMILES string of the molecule is CCCc1ncc(-c2cccc(-c3cccc(-c4cnc(CN5CCC5)c(NC)n4)c3Cl)c2Cl)nc1NC. The van der Waals surface area contributed by atoms with Gasteiger partial charge in [-0.2, -0.15) is 0 Å². The maximum absolute atomic E-state index is 7.01. The number of nitrogens with zero attached hydrogens (tertiary/aromatic N) is 5. The van der Waals surface area contributed by atoms with Crippen LogP contribution in [0.1, 0.15) is 31.2 Å². The van der Waals surface area contributed by atoms with Gasteiger partial charge in [-0.3, -0.25) is 14.9 Å². The van der Waals surface area contributed by atoms with E-state index in [-0.39, 0.29) is 0 Å². The molecule has 9 heteroatoms. The van der Waals surface area contributed by atoms with E-state index in [1.165, 1.54) is 6.42 Å². The van der Waals surface area contributed by atoms with Crippen LogP contribution in [0.4, 0.5) is 11.6 Å². The van der Waals surface area contributed by atoms with Crippen LogP contribution in [0.2, 0.25) is 10.0 Å². The van der Waals surface area contributed by atoms with Crippen molar-refractivity contribution < 1.29 is 0 Å². The van der Waals surface area contributed by atoms with Crippen molar-refractivity contribution in [3.05, 3.63) is 70.2 Å². The largest absolute Gasteiger partial charge is 0.372 e. The fourth-order valence-corrected chi connectivity index (χ4v) is 5.30. The van der Waals surface area contributed by atoms with Gasteiger partial charge in [0.05, 0.1) is 45.2 Å². The molecule has 2 aromatic heterocycles. The molecular weight excluding hydrogens is 517 g/mol. The highest BCUT2D eigenvalue weighted by Gasteiger charge is 2.20. The Balaban J connectivity index is 1.52. The zero-order chi connectivity index (χ0) is 26.6. The van der Waals surface area contributed by atoms with E-state index >= 15 is 0 Å². The summed E-state index contributed by atoms with van der Waals surface area (Å²) in [7, 11) is 3.73. The van der Waals surface area contributed by atoms with E-state index in [1.54, 1.807) is 12.4 Å². The van der Waals surface area contributed by atoms with Gasteiger partial charge in [-0.25, -0.2) is 9.97 Å². The van der Waals surface area contributed by atoms with Crippen LogP contribution >= 0.6 is 23.2 Å². The van der Waals surface area contributed by atoms with E-state index in [0.29, 0.717) is 21.4 Å². The van der Waals surface area contributed by atoms with Crippen LogP contribution in [-0.2, 0) is 13.0 Å². The molecule has 1 aliphatic rings. The molecule has 4 aromatic rings. The molecule has 2 aromatic carbocycles. The minimum absolute atomic E-state index is 0.568. The van der Waals surface area contributed by atoms with Gasteiger partial charge in [-0.1, -0.05) is 72.9 Å². The monoisotopic (exact) mass is 547 g/mol. The van der Waals surface area contributed by atoms with Gasteiger partial charge in [0.15, 0.2) is 0 Å². The molecule has 3 heterocycles. The van der Waals surface area contributed by atoms with Crippen molar-refractivity contribution in [2.24, 2.45) is 0 Å². The molecular formula is C29H31Cl2N7. The minimum atomic E-state index is 0.568. The lowest BCUT2D eigenvalue weighted by atomic mass is 9.98. The molecule has 0 radical (unpaired) electrons. The topological polar surface area (TPSA) is 78.9 Å². The average Bonchev–Trinajstić information content (AvgIpc) is 2.92. The van der Waals surface area contributed by atoms with Crippen LogP contribution in [0.25, 0.3) is 33.6 Å². The van der Waals surface area contributed by atoms with Crippen LogP contribution in [-0.4, -0.2) is 52.0 Å². The fraction of sp³-hybridized carbons (Fsp3) is 0.310. The smallest absolute Gasteiger partial charge is 0.149 e. The second kappa shape index (κ2) is 11.6. The molecule has 0 aliphatic carbocycles. The second-order valence-corrected chi connectivity index (χ2v) is 10.1. The summed E-state index contributed by atoms with van der Waals surface area (Å²) in [6.07, 6.45) is 6.67. The Labute approximate surface area is 233 Å². The van der Waals surface area contributed by atoms with E-state index in [1.807, 2.05) is 50.5 Å². The molecule has 1 aliphatic heterocycles. The molecule has 196 valence electrons. The number of hydrogen-bond acceptors (Lipinski definition) is 7. The van der Waals surface area contributed by atoms with Crippen molar-refractivity contribution in [1.29, 1.82) is 0 Å². The summed E-state index contributed by atoms with van der Waals surface area (Å²) >= 11 is 14.0. The number of hydrogen-bond donors (Lipinski definition) is 2. The van der Waals surface area contributed by atoms with Gasteiger partial charge in [0, 0.05) is 42.9 Å². The molecule has 0 unspecified atom stereocenters. The fourth-order valence-electron chi connectivity index (χ4n) is 4.65. The third-order valence-electron chi connectivity index (χ3n) is 6.82. The molecule has 5 rings (SSSR count). The highest BCUT2D eigenvalue weighted by Crippen LogP contribution is 2.42. The molecule has 0 bridgehead atoms. The maximum Gasteiger partial charge on any atom is 0.149 e. The molecule has 2 N–H and O–H groups in total. The van der Waals surface area contributed by atoms with Crippen molar-refractivity contribution in [1.82, 2.24) is 24.8 Å². The number of aryl methyl sites for hydroxylation is 1. The van der Waals surface area contributed by atoms with Gasteiger partial charge in [-0.15, -0.1) is 0 Å². The first-order valence-corrected chi connectivity index (χ1v) is 13.7. The summed E-state index contributed by atoms with van der Waals surface area (Å²) in [5.41, 5.74) is 6.52. The Bertz CT molecular complexity index is 1450. The quantitative estimate of drug-likeness (QED) is 0.238. The summed E-state index contributed by atoms with van der Waals surface area (Å²) in [5.74, 6) is 1.53. The maximum atomic E-state index is 7.01. The van der Waals surface area contributed by atoms with E-state index < -0.39 is 0 Å². The third-order valence-corrected chi connectivity index (χ3v) is 7.63. The second-order valence-electron chi connectivity index (χ2n) is 9.32. The molecule has 0 saturated carbocycles. The third kappa shape index (κ3) is 5.19. The lowest BCUT2D eigenvalue weighted by Gasteiger charge is -2.30. The van der Waals surface area contributed by atoms with Crippen molar-refractivity contribution in [3.8, 4) is 33.6 Å². The minimum Gasteiger partial charge on any atom is -0.372 e. The Morgan fingerprint density at radius 1 is 0.763 bits per heavy atom. The number of likely N-dealkylation sites (tertiary alicyclic amines) is 1. The van der Waals surface area contributed by atoms with Gasteiger partial charge < -0.3 is 10.6 Å². The van der Waals surface area contributed by atoms with Crippen molar-refractivity contribution >= 4 is 34.8 Å². The van der Waals surface area contributed by atoms with Gasteiger partial charge in [0.25, 0.3) is 0 Å². The normalized spacial score (nSPS) is 13.3. The van der Waals surface area contributed by atoms with Gasteiger partial charge in [0.1, 0.15) is 11.6 Å². The summed E-state index contributed by atoms with van der Waals surface area (Å²) in [6, 6.07) is 11.8. The first-order chi connectivity index (χ1) is 18.5. The van der Waals surface area contributed by atoms with Gasteiger partial charge in [-0.05, 0) is 25.9 Å². The van der Waals surface area contributed by atoms with Crippen LogP contribution in [0, 0.1) is 0 Å². The predicted octanol–water partition coefficient (Wildman–Crippen LogP) is 6.82. The molecule has 0 atom stereocenters. The number of anilines is 2. The van der Waals surface area contributed by atoms with E-state index in [2.05, 4.69) is 27.4 Å². The summed E-state index contributed by atoms with van der Waals surface area (Å²) in [5, 5.41) is 7.50. The summed E-state index contributed by atoms with van der Waals surface area (Å²) in [4.78, 5) is 21.4. The van der Waals surface area contributed by atoms with Gasteiger partial charge in [0.2, 0.25) is 0 Å². The number of benzene rings is 2. The van der Waals surface area contributed by atoms with Crippen molar-refractivity contribution in [3.63, 3.8) is 0 Å². The van der Waals surface area contributed by atoms with Crippen molar-refractivity contribution in [2.75, 3.05) is 37.8 Å². The number of halogens is 2. The first kappa shape index (κ1) is 26.4. The van der Waals surface area contributed by atoms with Crippen LogP contribution in [0.15, 0.2) is 48.8 Å². The Morgan fingerprint density at radius 2 is 1.26 bits per heavy atom. The molecule has 7 nitrogen and oxygen atoms in total. The highest BCUT2D eigenvalue weighted by atomic mass is 35.5. The number of aromatic nitrogens is 4.